The lowest BCUT2D eigenvalue weighted by Crippen LogP contribution is -2.29. The largest absolute Gasteiger partial charge is 0.411 e. The smallest absolute Gasteiger partial charge is 0.370 e. The van der Waals surface area contributed by atoms with Gasteiger partial charge in [0.25, 0.3) is 5.91 Å². The molecular formula is C17H17F3N2O2. The molecule has 24 heavy (non-hydrogen) atoms. The molecule has 0 radical (unpaired) electrons. The summed E-state index contributed by atoms with van der Waals surface area (Å²) in [7, 11) is 0. The average molecular weight is 338 g/mol. The van der Waals surface area contributed by atoms with Crippen molar-refractivity contribution in [2.75, 3.05) is 19.8 Å². The molecule has 2 aromatic rings. The van der Waals surface area contributed by atoms with Gasteiger partial charge in [-0.1, -0.05) is 30.3 Å². The third-order valence-corrected chi connectivity index (χ3v) is 3.20. The molecule has 0 aliphatic carbocycles. The first-order chi connectivity index (χ1) is 11.4. The highest BCUT2D eigenvalue weighted by molar-refractivity contribution is 5.95. The quantitative estimate of drug-likeness (QED) is 0.822. The number of hydrogen-bond donors (Lipinski definition) is 1. The Morgan fingerprint density at radius 3 is 2.50 bits per heavy atom. The molecule has 0 unspecified atom stereocenters. The molecule has 1 aromatic carbocycles. The lowest BCUT2D eigenvalue weighted by atomic mass is 10.1. The van der Waals surface area contributed by atoms with E-state index in [1.807, 2.05) is 30.3 Å². The molecule has 0 spiro atoms. The minimum atomic E-state index is -4.36. The van der Waals surface area contributed by atoms with Crippen molar-refractivity contribution in [2.24, 2.45) is 0 Å². The number of rotatable bonds is 6. The van der Waals surface area contributed by atoms with Gasteiger partial charge in [-0.2, -0.15) is 13.2 Å². The van der Waals surface area contributed by atoms with Gasteiger partial charge in [0.05, 0.1) is 23.6 Å². The van der Waals surface area contributed by atoms with Gasteiger partial charge in [-0.05, 0) is 19.1 Å². The molecular weight excluding hydrogens is 321 g/mol. The van der Waals surface area contributed by atoms with Crippen LogP contribution in [0.5, 0.6) is 0 Å². The maximum absolute atomic E-state index is 12.0. The van der Waals surface area contributed by atoms with E-state index in [9.17, 15) is 18.0 Å². The van der Waals surface area contributed by atoms with Crippen LogP contribution in [0.25, 0.3) is 11.3 Å². The highest BCUT2D eigenvalue weighted by Crippen LogP contribution is 2.18. The molecule has 0 aliphatic heterocycles. The van der Waals surface area contributed by atoms with Crippen molar-refractivity contribution in [3.8, 4) is 11.3 Å². The summed E-state index contributed by atoms with van der Waals surface area (Å²) in [4.78, 5) is 16.4. The Bertz CT molecular complexity index is 688. The maximum Gasteiger partial charge on any atom is 0.411 e. The number of carbonyl (C=O) groups excluding carboxylic acids is 1. The first-order valence-corrected chi connectivity index (χ1v) is 7.32. The number of nitrogens with one attached hydrogen (secondary N) is 1. The van der Waals surface area contributed by atoms with Gasteiger partial charge in [-0.15, -0.1) is 0 Å². The van der Waals surface area contributed by atoms with Gasteiger partial charge in [-0.25, -0.2) is 0 Å². The number of carbonyl (C=O) groups is 1. The Hall–Kier alpha value is -2.41. The second-order valence-electron chi connectivity index (χ2n) is 5.12. The second-order valence-corrected chi connectivity index (χ2v) is 5.12. The molecule has 1 N–H and O–H groups in total. The highest BCUT2D eigenvalue weighted by atomic mass is 19.4. The number of hydrogen-bond acceptors (Lipinski definition) is 3. The van der Waals surface area contributed by atoms with Crippen LogP contribution in [0.4, 0.5) is 13.2 Å². The van der Waals surface area contributed by atoms with E-state index in [1.54, 1.807) is 19.1 Å². The summed E-state index contributed by atoms with van der Waals surface area (Å²) in [5.41, 5.74) is 2.61. The molecule has 0 saturated carbocycles. The van der Waals surface area contributed by atoms with Crippen LogP contribution < -0.4 is 5.32 Å². The van der Waals surface area contributed by atoms with E-state index in [2.05, 4.69) is 15.0 Å². The van der Waals surface area contributed by atoms with Crippen molar-refractivity contribution in [3.63, 3.8) is 0 Å². The van der Waals surface area contributed by atoms with E-state index in [0.717, 1.165) is 11.3 Å². The van der Waals surface area contributed by atoms with Gasteiger partial charge in [0.1, 0.15) is 6.61 Å². The van der Waals surface area contributed by atoms with Crippen LogP contribution in [0, 0.1) is 6.92 Å². The van der Waals surface area contributed by atoms with Gasteiger partial charge in [-0.3, -0.25) is 9.78 Å². The molecule has 0 aliphatic rings. The van der Waals surface area contributed by atoms with Crippen LogP contribution in [0.1, 0.15) is 16.1 Å². The summed E-state index contributed by atoms with van der Waals surface area (Å²) in [5, 5.41) is 2.51. The predicted octanol–water partition coefficient (Wildman–Crippen LogP) is 3.37. The zero-order valence-corrected chi connectivity index (χ0v) is 13.1. The lowest BCUT2D eigenvalue weighted by molar-refractivity contribution is -0.173. The molecule has 1 aromatic heterocycles. The van der Waals surface area contributed by atoms with Crippen molar-refractivity contribution in [1.82, 2.24) is 10.3 Å². The molecule has 0 atom stereocenters. The number of benzene rings is 1. The van der Waals surface area contributed by atoms with Crippen LogP contribution >= 0.6 is 0 Å². The molecule has 0 fully saturated rings. The average Bonchev–Trinajstić information content (AvgIpc) is 2.54. The van der Waals surface area contributed by atoms with E-state index in [4.69, 9.17) is 0 Å². The fourth-order valence-electron chi connectivity index (χ4n) is 2.09. The Balaban J connectivity index is 1.91. The van der Waals surface area contributed by atoms with E-state index >= 15 is 0 Å². The Morgan fingerprint density at radius 1 is 1.17 bits per heavy atom. The number of halogens is 3. The minimum Gasteiger partial charge on any atom is -0.370 e. The molecule has 128 valence electrons. The first kappa shape index (κ1) is 17.9. The second kappa shape index (κ2) is 7.92. The number of amides is 1. The third kappa shape index (κ3) is 5.34. The maximum atomic E-state index is 12.0. The van der Waals surface area contributed by atoms with Crippen molar-refractivity contribution in [2.45, 2.75) is 13.1 Å². The Labute approximate surface area is 137 Å². The summed E-state index contributed by atoms with van der Waals surface area (Å²) in [6.45, 7) is 0.172. The van der Waals surface area contributed by atoms with Crippen molar-refractivity contribution in [3.05, 3.63) is 53.7 Å². The number of aromatic nitrogens is 1. The summed E-state index contributed by atoms with van der Waals surface area (Å²) >= 11 is 0. The number of ether oxygens (including phenoxy) is 1. The van der Waals surface area contributed by atoms with Crippen LogP contribution in [-0.2, 0) is 4.74 Å². The number of aryl methyl sites for hydroxylation is 1. The van der Waals surface area contributed by atoms with Gasteiger partial charge >= 0.3 is 6.18 Å². The molecule has 0 bridgehead atoms. The van der Waals surface area contributed by atoms with Gasteiger partial charge < -0.3 is 10.1 Å². The van der Waals surface area contributed by atoms with Crippen molar-refractivity contribution in [1.29, 1.82) is 0 Å². The molecule has 1 heterocycles. The minimum absolute atomic E-state index is 0.00517. The molecule has 7 heteroatoms. The van der Waals surface area contributed by atoms with Gasteiger partial charge in [0, 0.05) is 12.1 Å². The summed E-state index contributed by atoms with van der Waals surface area (Å²) in [6.07, 6.45) is -4.36. The van der Waals surface area contributed by atoms with Crippen molar-refractivity contribution < 1.29 is 22.7 Å². The van der Waals surface area contributed by atoms with Gasteiger partial charge in [0.15, 0.2) is 0 Å². The zero-order valence-electron chi connectivity index (χ0n) is 13.1. The molecule has 1 amide bonds. The monoisotopic (exact) mass is 338 g/mol. The number of nitrogens with zero attached hydrogens (tertiary/aromatic N) is 1. The van der Waals surface area contributed by atoms with Crippen molar-refractivity contribution >= 4 is 5.91 Å². The topological polar surface area (TPSA) is 51.2 Å². The zero-order chi connectivity index (χ0) is 17.6. The normalized spacial score (nSPS) is 11.3. The third-order valence-electron chi connectivity index (χ3n) is 3.20. The van der Waals surface area contributed by atoms with Crippen LogP contribution in [-0.4, -0.2) is 36.8 Å². The summed E-state index contributed by atoms with van der Waals surface area (Å²) < 4.78 is 40.2. The number of pyridine rings is 1. The number of alkyl halides is 3. The van der Waals surface area contributed by atoms with Crippen LogP contribution in [0.3, 0.4) is 0 Å². The SMILES string of the molecule is Cc1nc(-c2ccccc2)ccc1C(=O)NCCOCC(F)(F)F. The fraction of sp³-hybridized carbons (Fsp3) is 0.294. The standard InChI is InChI=1S/C17H17F3N2O2/c1-12-14(16(23)21-9-10-24-11-17(18,19)20)7-8-15(22-12)13-5-3-2-4-6-13/h2-8H,9-11H2,1H3,(H,21,23). The summed E-state index contributed by atoms with van der Waals surface area (Å²) in [6, 6.07) is 12.9. The summed E-state index contributed by atoms with van der Waals surface area (Å²) in [5.74, 6) is -0.393. The van der Waals surface area contributed by atoms with E-state index in [1.165, 1.54) is 0 Å². The van der Waals surface area contributed by atoms with E-state index in [0.29, 0.717) is 11.3 Å². The highest BCUT2D eigenvalue weighted by Gasteiger charge is 2.27. The first-order valence-electron chi connectivity index (χ1n) is 7.32. The van der Waals surface area contributed by atoms with E-state index in [-0.39, 0.29) is 13.2 Å². The van der Waals surface area contributed by atoms with Gasteiger partial charge in [0.2, 0.25) is 0 Å². The predicted molar refractivity (Wildman–Crippen MR) is 83.6 cm³/mol. The van der Waals surface area contributed by atoms with Crippen LogP contribution in [0.15, 0.2) is 42.5 Å². The van der Waals surface area contributed by atoms with E-state index < -0.39 is 18.7 Å². The Morgan fingerprint density at radius 2 is 1.88 bits per heavy atom. The fourth-order valence-corrected chi connectivity index (χ4v) is 2.09. The molecule has 2 rings (SSSR count). The molecule has 4 nitrogen and oxygen atoms in total. The lowest BCUT2D eigenvalue weighted by Gasteiger charge is -2.10. The van der Waals surface area contributed by atoms with Crippen LogP contribution in [0.2, 0.25) is 0 Å². The molecule has 0 saturated heterocycles. The Kier molecular flexibility index (Phi) is 5.92.